The SMILES string of the molecule is O=C(NCc1ccccn1)c1c(=O)c2cc(F)c(NCCNC3CC3)nc2n2c1sc1ccccc12. The third-order valence-electron chi connectivity index (χ3n) is 6.18. The average molecular weight is 503 g/mol. The number of carbonyl (C=O) groups is 1. The second-order valence-electron chi connectivity index (χ2n) is 8.76. The van der Waals surface area contributed by atoms with Gasteiger partial charge >= 0.3 is 0 Å². The Morgan fingerprint density at radius 2 is 1.97 bits per heavy atom. The van der Waals surface area contributed by atoms with Crippen molar-refractivity contribution in [3.05, 3.63) is 82.0 Å². The molecule has 1 fully saturated rings. The number of amides is 1. The Morgan fingerprint density at radius 1 is 1.14 bits per heavy atom. The predicted octanol–water partition coefficient (Wildman–Crippen LogP) is 3.69. The van der Waals surface area contributed by atoms with Crippen LogP contribution in [0.5, 0.6) is 0 Å². The monoisotopic (exact) mass is 502 g/mol. The molecule has 10 heteroatoms. The molecule has 3 N–H and O–H groups in total. The molecule has 6 rings (SSSR count). The molecule has 1 aromatic carbocycles. The van der Waals surface area contributed by atoms with Gasteiger partial charge in [0.1, 0.15) is 10.4 Å². The van der Waals surface area contributed by atoms with Gasteiger partial charge in [0.05, 0.1) is 27.8 Å². The second kappa shape index (κ2) is 9.29. The first-order valence-corrected chi connectivity index (χ1v) is 12.6. The molecule has 8 nitrogen and oxygen atoms in total. The molecule has 4 aromatic heterocycles. The van der Waals surface area contributed by atoms with Crippen molar-refractivity contribution in [2.45, 2.75) is 25.4 Å². The Balaban J connectivity index is 1.46. The molecule has 0 saturated heterocycles. The summed E-state index contributed by atoms with van der Waals surface area (Å²) in [6.07, 6.45) is 3.98. The Bertz CT molecular complexity index is 1660. The van der Waals surface area contributed by atoms with Crippen LogP contribution in [0.15, 0.2) is 59.5 Å². The lowest BCUT2D eigenvalue weighted by Gasteiger charge is -2.12. The Morgan fingerprint density at radius 3 is 2.78 bits per heavy atom. The van der Waals surface area contributed by atoms with E-state index in [9.17, 15) is 9.59 Å². The normalized spacial score (nSPS) is 13.5. The second-order valence-corrected chi connectivity index (χ2v) is 9.79. The molecular formula is C26H23FN6O2S. The van der Waals surface area contributed by atoms with Crippen LogP contribution in [0.3, 0.4) is 0 Å². The lowest BCUT2D eigenvalue weighted by molar-refractivity contribution is 0.0951. The Kier molecular flexibility index (Phi) is 5.82. The van der Waals surface area contributed by atoms with Gasteiger partial charge in [0.25, 0.3) is 5.91 Å². The van der Waals surface area contributed by atoms with Crippen LogP contribution in [0.2, 0.25) is 0 Å². The van der Waals surface area contributed by atoms with Gasteiger partial charge in [-0.05, 0) is 43.2 Å². The van der Waals surface area contributed by atoms with Crippen LogP contribution in [0.4, 0.5) is 10.2 Å². The van der Waals surface area contributed by atoms with Gasteiger partial charge in [-0.15, -0.1) is 11.3 Å². The number of anilines is 1. The van der Waals surface area contributed by atoms with Gasteiger partial charge in [0.2, 0.25) is 5.43 Å². The minimum Gasteiger partial charge on any atom is -0.366 e. The molecule has 0 radical (unpaired) electrons. The van der Waals surface area contributed by atoms with E-state index in [4.69, 9.17) is 0 Å². The highest BCUT2D eigenvalue weighted by Gasteiger charge is 2.24. The van der Waals surface area contributed by atoms with E-state index in [-0.39, 0.29) is 23.3 Å². The van der Waals surface area contributed by atoms with Crippen molar-refractivity contribution in [2.24, 2.45) is 0 Å². The molecule has 0 atom stereocenters. The van der Waals surface area contributed by atoms with Gasteiger partial charge < -0.3 is 16.0 Å². The summed E-state index contributed by atoms with van der Waals surface area (Å²) in [4.78, 5) is 36.0. The summed E-state index contributed by atoms with van der Waals surface area (Å²) in [5.74, 6) is -1.09. The molecule has 4 heterocycles. The molecule has 1 aliphatic rings. The number of para-hydroxylation sites is 1. The maximum atomic E-state index is 15.0. The highest BCUT2D eigenvalue weighted by Crippen LogP contribution is 2.31. The van der Waals surface area contributed by atoms with E-state index in [1.807, 2.05) is 30.3 Å². The standard InChI is InChI=1S/C26H23FN6O2S/c27-18-13-17-22(34)21(25(35)31-14-16-5-3-4-10-28-16)26-33(19-6-1-2-7-20(19)36-26)24(17)32-23(18)30-12-11-29-15-8-9-15/h1-7,10,13,15,29H,8-9,11-12,14H2,(H,30,32)(H,31,35). The van der Waals surface area contributed by atoms with Crippen molar-refractivity contribution in [2.75, 3.05) is 18.4 Å². The molecule has 36 heavy (non-hydrogen) atoms. The number of nitrogens with one attached hydrogen (secondary N) is 3. The van der Waals surface area contributed by atoms with Crippen LogP contribution in [-0.2, 0) is 6.54 Å². The van der Waals surface area contributed by atoms with E-state index in [2.05, 4.69) is 25.9 Å². The van der Waals surface area contributed by atoms with E-state index in [0.717, 1.165) is 10.2 Å². The van der Waals surface area contributed by atoms with E-state index >= 15 is 4.39 Å². The first-order valence-electron chi connectivity index (χ1n) is 11.8. The topological polar surface area (TPSA) is 100 Å². The predicted molar refractivity (Wildman–Crippen MR) is 139 cm³/mol. The van der Waals surface area contributed by atoms with Gasteiger partial charge in [0, 0.05) is 25.3 Å². The molecule has 1 aliphatic carbocycles. The number of hydrogen-bond donors (Lipinski definition) is 3. The molecule has 1 saturated carbocycles. The zero-order chi connectivity index (χ0) is 24.6. The number of fused-ring (bicyclic) bond motifs is 5. The zero-order valence-corrected chi connectivity index (χ0v) is 20.1. The largest absolute Gasteiger partial charge is 0.366 e. The molecular weight excluding hydrogens is 479 g/mol. The molecule has 0 spiro atoms. The first kappa shape index (κ1) is 22.6. The Labute approximate surface area is 209 Å². The van der Waals surface area contributed by atoms with Gasteiger partial charge in [-0.2, -0.15) is 0 Å². The number of hydrogen-bond acceptors (Lipinski definition) is 7. The molecule has 0 unspecified atom stereocenters. The molecule has 0 aliphatic heterocycles. The van der Waals surface area contributed by atoms with E-state index in [0.29, 0.717) is 35.3 Å². The van der Waals surface area contributed by atoms with Gasteiger partial charge in [-0.1, -0.05) is 18.2 Å². The fourth-order valence-corrected chi connectivity index (χ4v) is 5.42. The Hall–Kier alpha value is -3.89. The number of halogens is 1. The van der Waals surface area contributed by atoms with Crippen LogP contribution in [0, 0.1) is 5.82 Å². The number of pyridine rings is 3. The highest BCUT2D eigenvalue weighted by molar-refractivity contribution is 7.24. The van der Waals surface area contributed by atoms with E-state index < -0.39 is 17.2 Å². The van der Waals surface area contributed by atoms with Crippen LogP contribution in [0.25, 0.3) is 26.1 Å². The summed E-state index contributed by atoms with van der Waals surface area (Å²) in [6, 6.07) is 14.7. The van der Waals surface area contributed by atoms with Crippen molar-refractivity contribution >= 4 is 49.1 Å². The third-order valence-corrected chi connectivity index (χ3v) is 7.33. The highest BCUT2D eigenvalue weighted by atomic mass is 32.1. The van der Waals surface area contributed by atoms with Gasteiger partial charge in [-0.3, -0.25) is 19.0 Å². The van der Waals surface area contributed by atoms with Crippen LogP contribution in [0.1, 0.15) is 28.9 Å². The summed E-state index contributed by atoms with van der Waals surface area (Å²) < 4.78 is 17.7. The maximum absolute atomic E-state index is 15.0. The van der Waals surface area contributed by atoms with Crippen molar-refractivity contribution in [1.82, 2.24) is 25.0 Å². The fraction of sp³-hybridized carbons (Fsp3) is 0.231. The van der Waals surface area contributed by atoms with Crippen molar-refractivity contribution in [3.8, 4) is 0 Å². The lowest BCUT2D eigenvalue weighted by Crippen LogP contribution is -2.29. The van der Waals surface area contributed by atoms with Crippen molar-refractivity contribution in [1.29, 1.82) is 0 Å². The number of thiazole rings is 1. The first-order chi connectivity index (χ1) is 17.6. The van der Waals surface area contributed by atoms with Crippen LogP contribution < -0.4 is 21.4 Å². The smallest absolute Gasteiger partial charge is 0.258 e. The van der Waals surface area contributed by atoms with Crippen LogP contribution in [-0.4, -0.2) is 39.4 Å². The summed E-state index contributed by atoms with van der Waals surface area (Å²) in [7, 11) is 0. The maximum Gasteiger partial charge on any atom is 0.258 e. The molecule has 5 aromatic rings. The summed E-state index contributed by atoms with van der Waals surface area (Å²) in [5, 5.41) is 9.26. The summed E-state index contributed by atoms with van der Waals surface area (Å²) >= 11 is 1.33. The van der Waals surface area contributed by atoms with Crippen molar-refractivity contribution in [3.63, 3.8) is 0 Å². The fourth-order valence-electron chi connectivity index (χ4n) is 4.24. The van der Waals surface area contributed by atoms with Gasteiger partial charge in [-0.25, -0.2) is 9.37 Å². The third kappa shape index (κ3) is 4.18. The minimum absolute atomic E-state index is 0.0322. The lowest BCUT2D eigenvalue weighted by atomic mass is 10.1. The molecule has 1 amide bonds. The number of nitrogens with zero attached hydrogens (tertiary/aromatic N) is 3. The number of aromatic nitrogens is 3. The minimum atomic E-state index is -0.634. The quantitative estimate of drug-likeness (QED) is 0.280. The zero-order valence-electron chi connectivity index (χ0n) is 19.3. The summed E-state index contributed by atoms with van der Waals surface area (Å²) in [5.41, 5.74) is 1.19. The van der Waals surface area contributed by atoms with Crippen LogP contribution >= 0.6 is 11.3 Å². The van der Waals surface area contributed by atoms with E-state index in [1.54, 1.807) is 22.7 Å². The van der Waals surface area contributed by atoms with Crippen molar-refractivity contribution < 1.29 is 9.18 Å². The van der Waals surface area contributed by atoms with Gasteiger partial charge in [0.15, 0.2) is 17.3 Å². The van der Waals surface area contributed by atoms with E-state index in [1.165, 1.54) is 30.2 Å². The summed E-state index contributed by atoms with van der Waals surface area (Å²) in [6.45, 7) is 1.36. The number of benzene rings is 1. The molecule has 182 valence electrons. The number of rotatable bonds is 8. The average Bonchev–Trinajstić information content (AvgIpc) is 3.64. The molecule has 0 bridgehead atoms. The number of carbonyl (C=O) groups excluding carboxylic acids is 1.